The maximum atomic E-state index is 5.55. The van der Waals surface area contributed by atoms with Gasteiger partial charge in [0, 0.05) is 24.4 Å². The molecule has 0 bridgehead atoms. The average Bonchev–Trinajstić information content (AvgIpc) is 2.03. The fourth-order valence-electron chi connectivity index (χ4n) is 1.12. The largest absolute Gasteiger partial charge is 0.463 e. The van der Waals surface area contributed by atoms with Crippen molar-refractivity contribution in [1.29, 1.82) is 0 Å². The molecule has 12 heavy (non-hydrogen) atoms. The van der Waals surface area contributed by atoms with E-state index in [2.05, 4.69) is 27.4 Å². The number of hydrogen-bond acceptors (Lipinski definition) is 2. The minimum Gasteiger partial charge on any atom is -0.410 e. The van der Waals surface area contributed by atoms with Gasteiger partial charge in [-0.25, -0.2) is 0 Å². The zero-order valence-corrected chi connectivity index (χ0v) is 8.17. The van der Waals surface area contributed by atoms with Crippen LogP contribution in [0.15, 0.2) is 12.7 Å². The minimum absolute atomic E-state index is 0.0875. The second kappa shape index (κ2) is 3.63. The highest BCUT2D eigenvalue weighted by atomic mass is 16.6. The van der Waals surface area contributed by atoms with E-state index in [1.54, 1.807) is 0 Å². The van der Waals surface area contributed by atoms with E-state index in [-0.39, 0.29) is 18.4 Å². The normalized spacial score (nSPS) is 25.1. The fourth-order valence-corrected chi connectivity index (χ4v) is 1.12. The Labute approximate surface area is 75.1 Å². The summed E-state index contributed by atoms with van der Waals surface area (Å²) in [5, 5.41) is 0. The first-order valence-electron chi connectivity index (χ1n) is 4.41. The number of rotatable bonds is 2. The molecule has 1 atom stereocenters. The molecule has 1 aliphatic rings. The van der Waals surface area contributed by atoms with Crippen LogP contribution in [0, 0.1) is 5.41 Å². The van der Waals surface area contributed by atoms with E-state index < -0.39 is 0 Å². The minimum atomic E-state index is -0.0875. The van der Waals surface area contributed by atoms with E-state index in [0.29, 0.717) is 0 Å². The quantitative estimate of drug-likeness (QED) is 0.464. The Balaban J connectivity index is 2.40. The summed E-state index contributed by atoms with van der Waals surface area (Å²) in [6.07, 6.45) is 1.86. The van der Waals surface area contributed by atoms with Gasteiger partial charge in [-0.1, -0.05) is 26.8 Å². The first-order chi connectivity index (χ1) is 5.55. The predicted octanol–water partition coefficient (Wildman–Crippen LogP) is 2.12. The molecular formula is C9H17BO2. The van der Waals surface area contributed by atoms with Crippen molar-refractivity contribution >= 4 is 7.12 Å². The lowest BCUT2D eigenvalue weighted by Gasteiger charge is -2.34. The van der Waals surface area contributed by atoms with E-state index in [1.165, 1.54) is 0 Å². The Morgan fingerprint density at radius 2 is 1.92 bits per heavy atom. The third-order valence-electron chi connectivity index (χ3n) is 2.08. The van der Waals surface area contributed by atoms with E-state index >= 15 is 0 Å². The van der Waals surface area contributed by atoms with Crippen molar-refractivity contribution in [2.24, 2.45) is 5.41 Å². The molecule has 1 heterocycles. The van der Waals surface area contributed by atoms with Gasteiger partial charge < -0.3 is 9.31 Å². The van der Waals surface area contributed by atoms with Gasteiger partial charge in [-0.05, 0) is 0 Å². The summed E-state index contributed by atoms with van der Waals surface area (Å²) in [6, 6.07) is 0. The zero-order valence-electron chi connectivity index (χ0n) is 8.17. The third-order valence-corrected chi connectivity index (χ3v) is 2.08. The second-order valence-electron chi connectivity index (χ2n) is 4.25. The van der Waals surface area contributed by atoms with Crippen molar-refractivity contribution in [3.8, 4) is 0 Å². The molecule has 2 nitrogen and oxygen atoms in total. The molecule has 0 N–H and O–H groups in total. The van der Waals surface area contributed by atoms with Gasteiger partial charge in [-0.3, -0.25) is 0 Å². The molecule has 1 rings (SSSR count). The Kier molecular flexibility index (Phi) is 2.96. The molecule has 1 saturated heterocycles. The maximum absolute atomic E-state index is 5.55. The summed E-state index contributed by atoms with van der Waals surface area (Å²) in [5.41, 5.74) is 0.164. The molecule has 68 valence electrons. The Bertz CT molecular complexity index is 158. The van der Waals surface area contributed by atoms with E-state index in [4.69, 9.17) is 9.31 Å². The standard InChI is InChI=1S/C9H17BO2/c1-5-8(2)10-11-6-9(3,4)7-12-10/h5,8H,1,6-7H2,2-4H3/t8-/m1/s1. The lowest BCUT2D eigenvalue weighted by molar-refractivity contribution is 0.0263. The molecule has 3 heteroatoms. The first kappa shape index (κ1) is 9.81. The highest BCUT2D eigenvalue weighted by Gasteiger charge is 2.34. The Morgan fingerprint density at radius 1 is 1.42 bits per heavy atom. The van der Waals surface area contributed by atoms with Crippen molar-refractivity contribution in [2.45, 2.75) is 26.6 Å². The fraction of sp³-hybridized carbons (Fsp3) is 0.778. The highest BCUT2D eigenvalue weighted by Crippen LogP contribution is 2.25. The van der Waals surface area contributed by atoms with Gasteiger partial charge in [0.15, 0.2) is 0 Å². The summed E-state index contributed by atoms with van der Waals surface area (Å²) in [7, 11) is -0.0875. The molecule has 0 aliphatic carbocycles. The van der Waals surface area contributed by atoms with Gasteiger partial charge in [0.1, 0.15) is 0 Å². The monoisotopic (exact) mass is 168 g/mol. The summed E-state index contributed by atoms with van der Waals surface area (Å²) < 4.78 is 11.1. The van der Waals surface area contributed by atoms with Crippen molar-refractivity contribution in [3.05, 3.63) is 12.7 Å². The van der Waals surface area contributed by atoms with Crippen LogP contribution in [0.5, 0.6) is 0 Å². The van der Waals surface area contributed by atoms with Crippen LogP contribution >= 0.6 is 0 Å². The molecule has 0 unspecified atom stereocenters. The molecular weight excluding hydrogens is 151 g/mol. The predicted molar refractivity (Wildman–Crippen MR) is 51.1 cm³/mol. The van der Waals surface area contributed by atoms with Gasteiger partial charge in [-0.15, -0.1) is 6.58 Å². The van der Waals surface area contributed by atoms with Crippen LogP contribution in [0.3, 0.4) is 0 Å². The molecule has 0 aromatic carbocycles. The van der Waals surface area contributed by atoms with Crippen LogP contribution < -0.4 is 0 Å². The molecule has 0 radical (unpaired) electrons. The van der Waals surface area contributed by atoms with Gasteiger partial charge in [0.25, 0.3) is 0 Å². The summed E-state index contributed by atoms with van der Waals surface area (Å²) in [4.78, 5) is 0. The molecule has 1 fully saturated rings. The average molecular weight is 168 g/mol. The SMILES string of the molecule is C=C[C@@H](C)B1OCC(C)(C)CO1. The maximum Gasteiger partial charge on any atom is 0.463 e. The van der Waals surface area contributed by atoms with Crippen molar-refractivity contribution in [2.75, 3.05) is 13.2 Å². The van der Waals surface area contributed by atoms with Crippen LogP contribution in [0.4, 0.5) is 0 Å². The lowest BCUT2D eigenvalue weighted by atomic mass is 9.71. The summed E-state index contributed by atoms with van der Waals surface area (Å²) in [6.45, 7) is 11.6. The van der Waals surface area contributed by atoms with Gasteiger partial charge in [-0.2, -0.15) is 0 Å². The van der Waals surface area contributed by atoms with Crippen LogP contribution in [0.2, 0.25) is 5.82 Å². The zero-order chi connectivity index (χ0) is 9.19. The van der Waals surface area contributed by atoms with Crippen molar-refractivity contribution < 1.29 is 9.31 Å². The number of hydrogen-bond donors (Lipinski definition) is 0. The van der Waals surface area contributed by atoms with Gasteiger partial charge in [0.2, 0.25) is 0 Å². The lowest BCUT2D eigenvalue weighted by Crippen LogP contribution is -2.42. The molecule has 0 aromatic rings. The summed E-state index contributed by atoms with van der Waals surface area (Å²) >= 11 is 0. The van der Waals surface area contributed by atoms with Gasteiger partial charge in [0.05, 0.1) is 0 Å². The summed E-state index contributed by atoms with van der Waals surface area (Å²) in [5.74, 6) is 0.279. The molecule has 1 aliphatic heterocycles. The topological polar surface area (TPSA) is 18.5 Å². The van der Waals surface area contributed by atoms with Crippen LogP contribution in [-0.4, -0.2) is 20.3 Å². The Morgan fingerprint density at radius 3 is 2.33 bits per heavy atom. The molecule has 0 spiro atoms. The molecule has 0 saturated carbocycles. The Hall–Kier alpha value is -0.275. The van der Waals surface area contributed by atoms with Gasteiger partial charge >= 0.3 is 7.12 Å². The van der Waals surface area contributed by atoms with Crippen molar-refractivity contribution in [3.63, 3.8) is 0 Å². The highest BCUT2D eigenvalue weighted by molar-refractivity contribution is 6.47. The van der Waals surface area contributed by atoms with Crippen LogP contribution in [-0.2, 0) is 9.31 Å². The first-order valence-corrected chi connectivity index (χ1v) is 4.41. The number of allylic oxidation sites excluding steroid dienone is 1. The van der Waals surface area contributed by atoms with Crippen LogP contribution in [0.1, 0.15) is 20.8 Å². The van der Waals surface area contributed by atoms with Crippen molar-refractivity contribution in [1.82, 2.24) is 0 Å². The molecule has 0 amide bonds. The van der Waals surface area contributed by atoms with Crippen LogP contribution in [0.25, 0.3) is 0 Å². The molecule has 0 aromatic heterocycles. The third kappa shape index (κ3) is 2.36. The van der Waals surface area contributed by atoms with E-state index in [1.807, 2.05) is 6.08 Å². The van der Waals surface area contributed by atoms with E-state index in [0.717, 1.165) is 13.2 Å². The smallest absolute Gasteiger partial charge is 0.410 e. The van der Waals surface area contributed by atoms with E-state index in [9.17, 15) is 0 Å². The second-order valence-corrected chi connectivity index (χ2v) is 4.25.